The number of urea groups is 1. The summed E-state index contributed by atoms with van der Waals surface area (Å²) in [5.41, 5.74) is 6.09. The number of nitrogens with zero attached hydrogens (tertiary/aromatic N) is 1. The summed E-state index contributed by atoms with van der Waals surface area (Å²) in [6.07, 6.45) is 5.07. The van der Waals surface area contributed by atoms with Gasteiger partial charge in [-0.3, -0.25) is 4.79 Å². The number of benzene rings is 1. The molecule has 7 nitrogen and oxygen atoms in total. The number of anilines is 1. The van der Waals surface area contributed by atoms with E-state index in [1.165, 1.54) is 0 Å². The fraction of sp³-hybridized carbons (Fsp3) is 0.214. The summed E-state index contributed by atoms with van der Waals surface area (Å²) in [7, 11) is 0. The first-order valence-corrected chi connectivity index (χ1v) is 6.58. The Hall–Kier alpha value is -2.83. The van der Waals surface area contributed by atoms with Crippen molar-refractivity contribution in [2.24, 2.45) is 5.73 Å². The van der Waals surface area contributed by atoms with Gasteiger partial charge in [0.1, 0.15) is 5.82 Å². The Kier molecular flexibility index (Phi) is 4.92. The van der Waals surface area contributed by atoms with E-state index in [4.69, 9.17) is 5.73 Å². The van der Waals surface area contributed by atoms with Gasteiger partial charge in [0.05, 0.1) is 0 Å². The van der Waals surface area contributed by atoms with Crippen LogP contribution in [-0.2, 0) is 6.42 Å². The van der Waals surface area contributed by atoms with Gasteiger partial charge in [-0.15, -0.1) is 0 Å². The maximum Gasteiger partial charge on any atom is 0.316 e. The highest BCUT2D eigenvalue weighted by atomic mass is 16.2. The summed E-state index contributed by atoms with van der Waals surface area (Å²) >= 11 is 0. The van der Waals surface area contributed by atoms with Gasteiger partial charge in [0.25, 0.3) is 5.91 Å². The van der Waals surface area contributed by atoms with E-state index >= 15 is 0 Å². The zero-order valence-corrected chi connectivity index (χ0v) is 11.4. The average Bonchev–Trinajstić information content (AvgIpc) is 2.97. The van der Waals surface area contributed by atoms with E-state index < -0.39 is 6.03 Å². The molecule has 110 valence electrons. The lowest BCUT2D eigenvalue weighted by atomic mass is 10.2. The number of aromatic amines is 1. The topological polar surface area (TPSA) is 113 Å². The van der Waals surface area contributed by atoms with Crippen molar-refractivity contribution < 1.29 is 9.59 Å². The Balaban J connectivity index is 1.76. The number of aromatic nitrogens is 2. The summed E-state index contributed by atoms with van der Waals surface area (Å²) < 4.78 is 0. The van der Waals surface area contributed by atoms with Crippen molar-refractivity contribution in [1.29, 1.82) is 0 Å². The summed E-state index contributed by atoms with van der Waals surface area (Å²) in [4.78, 5) is 29.7. The Morgan fingerprint density at radius 2 is 2.00 bits per heavy atom. The van der Waals surface area contributed by atoms with Crippen molar-refractivity contribution in [1.82, 2.24) is 15.3 Å². The first-order valence-electron chi connectivity index (χ1n) is 6.58. The normalized spacial score (nSPS) is 10.1. The molecule has 0 aliphatic rings. The smallest absolute Gasteiger partial charge is 0.316 e. The third kappa shape index (κ3) is 4.64. The maximum atomic E-state index is 11.9. The molecule has 21 heavy (non-hydrogen) atoms. The van der Waals surface area contributed by atoms with Crippen molar-refractivity contribution in [3.8, 4) is 0 Å². The van der Waals surface area contributed by atoms with Crippen LogP contribution in [0, 0.1) is 0 Å². The van der Waals surface area contributed by atoms with Gasteiger partial charge in [-0.25, -0.2) is 9.78 Å². The van der Waals surface area contributed by atoms with Crippen LogP contribution in [0.3, 0.4) is 0 Å². The minimum Gasteiger partial charge on any atom is -0.352 e. The molecule has 0 aliphatic carbocycles. The molecule has 1 aromatic carbocycles. The van der Waals surface area contributed by atoms with E-state index in [1.807, 2.05) is 0 Å². The Morgan fingerprint density at radius 1 is 1.24 bits per heavy atom. The molecule has 0 atom stereocenters. The second-order valence-electron chi connectivity index (χ2n) is 4.46. The van der Waals surface area contributed by atoms with Crippen molar-refractivity contribution >= 4 is 17.6 Å². The summed E-state index contributed by atoms with van der Waals surface area (Å²) in [6.45, 7) is 0.570. The van der Waals surface area contributed by atoms with Gasteiger partial charge in [0, 0.05) is 36.6 Å². The minimum absolute atomic E-state index is 0.153. The van der Waals surface area contributed by atoms with Gasteiger partial charge in [-0.1, -0.05) is 0 Å². The zero-order valence-electron chi connectivity index (χ0n) is 11.4. The number of primary amides is 1. The van der Waals surface area contributed by atoms with E-state index in [0.717, 1.165) is 18.7 Å². The highest BCUT2D eigenvalue weighted by molar-refractivity contribution is 5.95. The van der Waals surface area contributed by atoms with Gasteiger partial charge >= 0.3 is 6.03 Å². The van der Waals surface area contributed by atoms with Crippen LogP contribution in [0.15, 0.2) is 36.7 Å². The van der Waals surface area contributed by atoms with Crippen LogP contribution in [-0.4, -0.2) is 28.5 Å². The van der Waals surface area contributed by atoms with Gasteiger partial charge in [-0.2, -0.15) is 0 Å². The van der Waals surface area contributed by atoms with Gasteiger partial charge in [0.2, 0.25) is 0 Å². The Bertz CT molecular complexity index is 592. The molecular formula is C14H17N5O2. The molecule has 0 aliphatic heterocycles. The predicted molar refractivity (Wildman–Crippen MR) is 78.9 cm³/mol. The largest absolute Gasteiger partial charge is 0.352 e. The van der Waals surface area contributed by atoms with Crippen LogP contribution in [0.2, 0.25) is 0 Å². The van der Waals surface area contributed by atoms with E-state index in [9.17, 15) is 9.59 Å². The van der Waals surface area contributed by atoms with Crippen molar-refractivity contribution in [3.05, 3.63) is 48.0 Å². The van der Waals surface area contributed by atoms with Crippen LogP contribution in [0.25, 0.3) is 0 Å². The average molecular weight is 287 g/mol. The molecule has 2 aromatic rings. The summed E-state index contributed by atoms with van der Waals surface area (Å²) in [5, 5.41) is 5.26. The van der Waals surface area contributed by atoms with Crippen LogP contribution in [0.4, 0.5) is 10.5 Å². The lowest BCUT2D eigenvalue weighted by Gasteiger charge is -2.06. The quantitative estimate of drug-likeness (QED) is 0.600. The van der Waals surface area contributed by atoms with E-state index in [0.29, 0.717) is 17.8 Å². The van der Waals surface area contributed by atoms with Gasteiger partial charge in [0.15, 0.2) is 0 Å². The van der Waals surface area contributed by atoms with E-state index in [1.54, 1.807) is 36.7 Å². The highest BCUT2D eigenvalue weighted by Crippen LogP contribution is 2.09. The summed E-state index contributed by atoms with van der Waals surface area (Å²) in [5.74, 6) is 0.756. The third-order valence-electron chi connectivity index (χ3n) is 2.85. The first-order chi connectivity index (χ1) is 10.1. The minimum atomic E-state index is -0.634. The second-order valence-corrected chi connectivity index (χ2v) is 4.46. The number of rotatable bonds is 6. The summed E-state index contributed by atoms with van der Waals surface area (Å²) in [6, 6.07) is 5.89. The Labute approximate surface area is 122 Å². The van der Waals surface area contributed by atoms with Gasteiger partial charge < -0.3 is 21.4 Å². The van der Waals surface area contributed by atoms with Crippen molar-refractivity contribution in [2.45, 2.75) is 12.8 Å². The molecule has 0 fully saturated rings. The van der Waals surface area contributed by atoms with E-state index in [2.05, 4.69) is 20.6 Å². The number of nitrogens with one attached hydrogen (secondary N) is 3. The number of nitrogens with two attached hydrogens (primary N) is 1. The molecule has 2 rings (SSSR count). The molecule has 0 saturated heterocycles. The van der Waals surface area contributed by atoms with Crippen molar-refractivity contribution in [3.63, 3.8) is 0 Å². The molecule has 3 amide bonds. The number of hydrogen-bond donors (Lipinski definition) is 4. The maximum absolute atomic E-state index is 11.9. The number of carbonyl (C=O) groups excluding carboxylic acids is 2. The van der Waals surface area contributed by atoms with Crippen LogP contribution < -0.4 is 16.4 Å². The van der Waals surface area contributed by atoms with Gasteiger partial charge in [-0.05, 0) is 30.7 Å². The lowest BCUT2D eigenvalue weighted by molar-refractivity contribution is 0.0953. The fourth-order valence-corrected chi connectivity index (χ4v) is 1.84. The van der Waals surface area contributed by atoms with Crippen LogP contribution in [0.5, 0.6) is 0 Å². The van der Waals surface area contributed by atoms with Crippen LogP contribution >= 0.6 is 0 Å². The predicted octanol–water partition coefficient (Wildman–Crippen LogP) is 1.26. The lowest BCUT2D eigenvalue weighted by Crippen LogP contribution is -2.25. The number of amides is 3. The van der Waals surface area contributed by atoms with E-state index in [-0.39, 0.29) is 5.91 Å². The zero-order chi connectivity index (χ0) is 15.1. The molecule has 0 spiro atoms. The Morgan fingerprint density at radius 3 is 2.62 bits per heavy atom. The molecule has 1 heterocycles. The standard InChI is InChI=1S/C14H17N5O2/c15-14(21)19-11-5-3-10(4-6-11)13(20)18-7-1-2-12-16-8-9-17-12/h3-6,8-9H,1-2,7H2,(H,16,17)(H,18,20)(H3,15,19,21). The molecule has 7 heteroatoms. The molecule has 0 unspecified atom stereocenters. The molecule has 5 N–H and O–H groups in total. The number of aryl methyl sites for hydroxylation is 1. The number of carbonyl (C=O) groups is 2. The monoisotopic (exact) mass is 287 g/mol. The first kappa shape index (κ1) is 14.6. The molecule has 0 saturated carbocycles. The van der Waals surface area contributed by atoms with Crippen molar-refractivity contribution in [2.75, 3.05) is 11.9 Å². The fourth-order valence-electron chi connectivity index (χ4n) is 1.84. The SMILES string of the molecule is NC(=O)Nc1ccc(C(=O)NCCCc2ncc[nH]2)cc1. The molecule has 0 radical (unpaired) electrons. The number of imidazole rings is 1. The molecular weight excluding hydrogens is 270 g/mol. The number of H-pyrrole nitrogens is 1. The number of hydrogen-bond acceptors (Lipinski definition) is 3. The molecule has 0 bridgehead atoms. The second kappa shape index (κ2) is 7.09. The van der Waals surface area contributed by atoms with Crippen LogP contribution in [0.1, 0.15) is 22.6 Å². The third-order valence-corrected chi connectivity index (χ3v) is 2.85. The molecule has 1 aromatic heterocycles. The highest BCUT2D eigenvalue weighted by Gasteiger charge is 2.05.